The van der Waals surface area contributed by atoms with Crippen LogP contribution in [0, 0.1) is 17.6 Å². The minimum absolute atomic E-state index is 0.0225. The maximum Gasteiger partial charge on any atom is 0.129 e. The first-order chi connectivity index (χ1) is 7.00. The number of hydrogen-bond donors (Lipinski definition) is 1. The van der Waals surface area contributed by atoms with Crippen molar-refractivity contribution in [1.29, 1.82) is 0 Å². The van der Waals surface area contributed by atoms with Crippen molar-refractivity contribution in [3.05, 3.63) is 35.4 Å². The third kappa shape index (κ3) is 3.59. The molecule has 0 amide bonds. The molecule has 0 saturated carbocycles. The summed E-state index contributed by atoms with van der Waals surface area (Å²) in [6.07, 6.45) is -0.0961. The molecule has 3 heteroatoms. The fourth-order valence-corrected chi connectivity index (χ4v) is 1.59. The van der Waals surface area contributed by atoms with E-state index in [1.54, 1.807) is 0 Å². The quantitative estimate of drug-likeness (QED) is 0.817. The summed E-state index contributed by atoms with van der Waals surface area (Å²) in [7, 11) is 0. The zero-order chi connectivity index (χ0) is 11.4. The number of rotatable bonds is 4. The Morgan fingerprint density at radius 3 is 2.20 bits per heavy atom. The van der Waals surface area contributed by atoms with Crippen molar-refractivity contribution >= 4 is 0 Å². The van der Waals surface area contributed by atoms with Crippen LogP contribution in [-0.2, 0) is 6.42 Å². The summed E-state index contributed by atoms with van der Waals surface area (Å²) in [5.74, 6) is -0.856. The van der Waals surface area contributed by atoms with Gasteiger partial charge in [0.25, 0.3) is 0 Å². The summed E-state index contributed by atoms with van der Waals surface area (Å²) in [5.41, 5.74) is -0.0225. The predicted molar refractivity (Wildman–Crippen MR) is 55.5 cm³/mol. The molecular weight excluding hydrogens is 198 g/mol. The molecule has 1 aromatic carbocycles. The lowest BCUT2D eigenvalue weighted by molar-refractivity contribution is 0.147. The van der Waals surface area contributed by atoms with E-state index in [4.69, 9.17) is 0 Å². The van der Waals surface area contributed by atoms with E-state index < -0.39 is 17.7 Å². The molecule has 0 aliphatic rings. The van der Waals surface area contributed by atoms with Gasteiger partial charge < -0.3 is 5.11 Å². The van der Waals surface area contributed by atoms with Gasteiger partial charge in [-0.2, -0.15) is 0 Å². The van der Waals surface area contributed by atoms with Crippen molar-refractivity contribution in [2.24, 2.45) is 5.92 Å². The topological polar surface area (TPSA) is 20.2 Å². The molecule has 1 N–H and O–H groups in total. The van der Waals surface area contributed by atoms with E-state index in [2.05, 4.69) is 0 Å². The lowest BCUT2D eigenvalue weighted by atomic mass is 9.99. The second-order valence-electron chi connectivity index (χ2n) is 4.19. The Morgan fingerprint density at radius 1 is 1.20 bits per heavy atom. The smallest absolute Gasteiger partial charge is 0.129 e. The highest BCUT2D eigenvalue weighted by Crippen LogP contribution is 2.16. The van der Waals surface area contributed by atoms with Crippen LogP contribution in [-0.4, -0.2) is 11.2 Å². The average molecular weight is 214 g/mol. The van der Waals surface area contributed by atoms with Crippen LogP contribution in [0.2, 0.25) is 0 Å². The van der Waals surface area contributed by atoms with E-state index in [1.165, 1.54) is 18.2 Å². The van der Waals surface area contributed by atoms with Crippen molar-refractivity contribution in [2.75, 3.05) is 0 Å². The molecule has 0 aliphatic heterocycles. The molecule has 0 radical (unpaired) electrons. The zero-order valence-electron chi connectivity index (χ0n) is 9.00. The number of aliphatic hydroxyl groups excluding tert-OH is 1. The van der Waals surface area contributed by atoms with Gasteiger partial charge in [-0.05, 0) is 24.5 Å². The van der Waals surface area contributed by atoms with Gasteiger partial charge in [0.2, 0.25) is 0 Å². The van der Waals surface area contributed by atoms with Crippen molar-refractivity contribution < 1.29 is 13.9 Å². The summed E-state index contributed by atoms with van der Waals surface area (Å²) in [5, 5.41) is 9.59. The van der Waals surface area contributed by atoms with Gasteiger partial charge in [-0.3, -0.25) is 0 Å². The first-order valence-electron chi connectivity index (χ1n) is 5.11. The summed E-state index contributed by atoms with van der Waals surface area (Å²) in [6.45, 7) is 3.92. The molecule has 1 aromatic rings. The summed E-state index contributed by atoms with van der Waals surface area (Å²) >= 11 is 0. The maximum absolute atomic E-state index is 13.2. The molecule has 0 fully saturated rings. The fraction of sp³-hybridized carbons (Fsp3) is 0.500. The van der Waals surface area contributed by atoms with Crippen molar-refractivity contribution in [1.82, 2.24) is 0 Å². The summed E-state index contributed by atoms with van der Waals surface area (Å²) < 4.78 is 26.4. The highest BCUT2D eigenvalue weighted by molar-refractivity contribution is 5.20. The number of benzene rings is 1. The largest absolute Gasteiger partial charge is 0.393 e. The normalized spacial score (nSPS) is 13.2. The number of halogens is 2. The standard InChI is InChI=1S/C12H16F2O/c1-8(2)6-9(15)7-10-11(13)4-3-5-12(10)14/h3-5,8-9,15H,6-7H2,1-2H3. The third-order valence-electron chi connectivity index (χ3n) is 2.24. The van der Waals surface area contributed by atoms with Gasteiger partial charge in [0.1, 0.15) is 11.6 Å². The van der Waals surface area contributed by atoms with Crippen molar-refractivity contribution in [2.45, 2.75) is 32.8 Å². The van der Waals surface area contributed by atoms with E-state index in [0.717, 1.165) is 0 Å². The van der Waals surface area contributed by atoms with Crippen molar-refractivity contribution in [3.63, 3.8) is 0 Å². The van der Waals surface area contributed by atoms with Crippen LogP contribution in [0.1, 0.15) is 25.8 Å². The average Bonchev–Trinajstić information content (AvgIpc) is 2.10. The van der Waals surface area contributed by atoms with Crippen LogP contribution in [0.15, 0.2) is 18.2 Å². The Balaban J connectivity index is 2.71. The minimum Gasteiger partial charge on any atom is -0.393 e. The Kier molecular flexibility index (Phi) is 4.21. The molecule has 1 unspecified atom stereocenters. The van der Waals surface area contributed by atoms with E-state index in [0.29, 0.717) is 12.3 Å². The molecule has 0 bridgehead atoms. The molecule has 0 saturated heterocycles. The monoisotopic (exact) mass is 214 g/mol. The first kappa shape index (κ1) is 12.1. The van der Waals surface area contributed by atoms with Crippen LogP contribution in [0.3, 0.4) is 0 Å². The highest BCUT2D eigenvalue weighted by Gasteiger charge is 2.14. The zero-order valence-corrected chi connectivity index (χ0v) is 9.00. The molecule has 84 valence electrons. The third-order valence-corrected chi connectivity index (χ3v) is 2.24. The molecular formula is C12H16F2O. The first-order valence-corrected chi connectivity index (χ1v) is 5.11. The van der Waals surface area contributed by atoms with E-state index >= 15 is 0 Å². The fourth-order valence-electron chi connectivity index (χ4n) is 1.59. The Hall–Kier alpha value is -0.960. The van der Waals surface area contributed by atoms with Gasteiger partial charge in [-0.1, -0.05) is 19.9 Å². The summed E-state index contributed by atoms with van der Waals surface area (Å²) in [6, 6.07) is 3.74. The molecule has 1 nitrogen and oxygen atoms in total. The summed E-state index contributed by atoms with van der Waals surface area (Å²) in [4.78, 5) is 0. The van der Waals surface area contributed by atoms with Gasteiger partial charge in [-0.25, -0.2) is 8.78 Å². The van der Waals surface area contributed by atoms with Gasteiger partial charge in [-0.15, -0.1) is 0 Å². The minimum atomic E-state index is -0.684. The lowest BCUT2D eigenvalue weighted by Crippen LogP contribution is -2.15. The van der Waals surface area contributed by atoms with Crippen LogP contribution in [0.5, 0.6) is 0 Å². The van der Waals surface area contributed by atoms with Crippen LogP contribution >= 0.6 is 0 Å². The maximum atomic E-state index is 13.2. The van der Waals surface area contributed by atoms with Gasteiger partial charge in [0, 0.05) is 12.0 Å². The molecule has 0 spiro atoms. The second kappa shape index (κ2) is 5.21. The lowest BCUT2D eigenvalue weighted by Gasteiger charge is -2.13. The van der Waals surface area contributed by atoms with Gasteiger partial charge in [0.15, 0.2) is 0 Å². The molecule has 0 aromatic heterocycles. The predicted octanol–water partition coefficient (Wildman–Crippen LogP) is 2.91. The second-order valence-corrected chi connectivity index (χ2v) is 4.19. The molecule has 15 heavy (non-hydrogen) atoms. The van der Waals surface area contributed by atoms with Gasteiger partial charge >= 0.3 is 0 Å². The molecule has 0 aliphatic carbocycles. The molecule has 1 rings (SSSR count). The van der Waals surface area contributed by atoms with Crippen molar-refractivity contribution in [3.8, 4) is 0 Å². The van der Waals surface area contributed by atoms with E-state index in [9.17, 15) is 13.9 Å². The molecule has 0 heterocycles. The molecule has 1 atom stereocenters. The van der Waals surface area contributed by atoms with Crippen LogP contribution in [0.4, 0.5) is 8.78 Å². The Morgan fingerprint density at radius 2 is 1.73 bits per heavy atom. The van der Waals surface area contributed by atoms with E-state index in [-0.39, 0.29) is 12.0 Å². The highest BCUT2D eigenvalue weighted by atomic mass is 19.1. The SMILES string of the molecule is CC(C)CC(O)Cc1c(F)cccc1F. The van der Waals surface area contributed by atoms with Crippen LogP contribution < -0.4 is 0 Å². The van der Waals surface area contributed by atoms with Gasteiger partial charge in [0.05, 0.1) is 6.10 Å². The van der Waals surface area contributed by atoms with E-state index in [1.807, 2.05) is 13.8 Å². The number of aliphatic hydroxyl groups is 1. The van der Waals surface area contributed by atoms with Crippen LogP contribution in [0.25, 0.3) is 0 Å². The Bertz CT molecular complexity index is 303. The Labute approximate surface area is 88.7 Å². The number of hydrogen-bond acceptors (Lipinski definition) is 1.